The Labute approximate surface area is 122 Å². The Bertz CT molecular complexity index is 625. The van der Waals surface area contributed by atoms with Crippen molar-refractivity contribution >= 4 is 33.3 Å². The smallest absolute Gasteiger partial charge is 0.225 e. The number of methoxy groups -OCH3 is 1. The summed E-state index contributed by atoms with van der Waals surface area (Å²) in [7, 11) is 3.62. The fourth-order valence-corrected chi connectivity index (χ4v) is 3.54. The molecule has 0 spiro atoms. The van der Waals surface area contributed by atoms with Gasteiger partial charge in [0.15, 0.2) is 0 Å². The minimum atomic E-state index is 0.113. The molecular formula is C14H20N4OS. The van der Waals surface area contributed by atoms with E-state index in [-0.39, 0.29) is 5.41 Å². The second kappa shape index (κ2) is 4.86. The number of nitrogens with zero attached hydrogens (tertiary/aromatic N) is 2. The van der Waals surface area contributed by atoms with Crippen LogP contribution in [-0.2, 0) is 4.74 Å². The lowest BCUT2D eigenvalue weighted by atomic mass is 9.64. The van der Waals surface area contributed by atoms with Crippen molar-refractivity contribution in [2.75, 3.05) is 24.8 Å². The van der Waals surface area contributed by atoms with Gasteiger partial charge in [0.1, 0.15) is 10.6 Å². The van der Waals surface area contributed by atoms with Crippen LogP contribution in [0, 0.1) is 5.41 Å². The average Bonchev–Trinajstić information content (AvgIpc) is 2.90. The molecule has 3 rings (SSSR count). The van der Waals surface area contributed by atoms with Crippen molar-refractivity contribution in [3.8, 4) is 0 Å². The molecule has 2 atom stereocenters. The number of aromatic nitrogens is 2. The maximum atomic E-state index is 5.50. The van der Waals surface area contributed by atoms with Gasteiger partial charge in [0.05, 0.1) is 11.5 Å². The van der Waals surface area contributed by atoms with Crippen molar-refractivity contribution in [2.45, 2.75) is 32.4 Å². The highest BCUT2D eigenvalue weighted by molar-refractivity contribution is 7.16. The molecule has 2 N–H and O–H groups in total. The zero-order chi connectivity index (χ0) is 14.3. The highest BCUT2D eigenvalue weighted by atomic mass is 32.1. The van der Waals surface area contributed by atoms with Gasteiger partial charge in [0.2, 0.25) is 5.95 Å². The quantitative estimate of drug-likeness (QED) is 0.907. The Hall–Kier alpha value is -1.40. The van der Waals surface area contributed by atoms with Gasteiger partial charge in [0.25, 0.3) is 0 Å². The summed E-state index contributed by atoms with van der Waals surface area (Å²) < 4.78 is 5.50. The van der Waals surface area contributed by atoms with Crippen molar-refractivity contribution in [1.82, 2.24) is 9.97 Å². The van der Waals surface area contributed by atoms with Gasteiger partial charge in [-0.3, -0.25) is 0 Å². The van der Waals surface area contributed by atoms with E-state index in [1.165, 1.54) is 0 Å². The molecule has 2 heterocycles. The van der Waals surface area contributed by atoms with Crippen LogP contribution in [0.1, 0.15) is 20.3 Å². The molecule has 0 saturated heterocycles. The maximum absolute atomic E-state index is 5.50. The molecule has 1 aliphatic rings. The number of rotatable bonds is 4. The monoisotopic (exact) mass is 292 g/mol. The summed E-state index contributed by atoms with van der Waals surface area (Å²) in [6.45, 7) is 4.46. The van der Waals surface area contributed by atoms with E-state index in [1.807, 2.05) is 12.4 Å². The molecule has 0 bridgehead atoms. The normalized spacial score (nSPS) is 24.4. The van der Waals surface area contributed by atoms with Crippen LogP contribution in [0.4, 0.5) is 11.8 Å². The van der Waals surface area contributed by atoms with E-state index < -0.39 is 0 Å². The van der Waals surface area contributed by atoms with Gasteiger partial charge in [-0.25, -0.2) is 4.98 Å². The van der Waals surface area contributed by atoms with Crippen LogP contribution in [0.3, 0.4) is 0 Å². The van der Waals surface area contributed by atoms with Gasteiger partial charge in [-0.05, 0) is 17.9 Å². The molecule has 2 aromatic rings. The van der Waals surface area contributed by atoms with Crippen LogP contribution < -0.4 is 10.6 Å². The summed E-state index contributed by atoms with van der Waals surface area (Å²) in [5.41, 5.74) is 0.113. The molecule has 0 aliphatic heterocycles. The third kappa shape index (κ3) is 2.03. The molecule has 0 aromatic carbocycles. The zero-order valence-corrected chi connectivity index (χ0v) is 13.0. The predicted molar refractivity (Wildman–Crippen MR) is 83.6 cm³/mol. The van der Waals surface area contributed by atoms with E-state index in [4.69, 9.17) is 4.74 Å². The number of nitrogens with one attached hydrogen (secondary N) is 2. The number of hydrogen-bond donors (Lipinski definition) is 2. The second-order valence-corrected chi connectivity index (χ2v) is 6.66. The van der Waals surface area contributed by atoms with E-state index >= 15 is 0 Å². The minimum Gasteiger partial charge on any atom is -0.381 e. The molecule has 0 radical (unpaired) electrons. The van der Waals surface area contributed by atoms with Gasteiger partial charge < -0.3 is 15.4 Å². The molecular weight excluding hydrogens is 272 g/mol. The summed E-state index contributed by atoms with van der Waals surface area (Å²) in [6.07, 6.45) is 1.32. The summed E-state index contributed by atoms with van der Waals surface area (Å²) in [4.78, 5) is 10.0. The molecule has 108 valence electrons. The largest absolute Gasteiger partial charge is 0.381 e. The van der Waals surface area contributed by atoms with Gasteiger partial charge in [-0.2, -0.15) is 4.98 Å². The van der Waals surface area contributed by atoms with Crippen LogP contribution in [-0.4, -0.2) is 36.3 Å². The van der Waals surface area contributed by atoms with E-state index in [9.17, 15) is 0 Å². The second-order valence-electron chi connectivity index (χ2n) is 5.76. The van der Waals surface area contributed by atoms with Crippen LogP contribution in [0.15, 0.2) is 11.4 Å². The predicted octanol–water partition coefficient (Wildman–Crippen LogP) is 2.96. The Morgan fingerprint density at radius 1 is 1.40 bits per heavy atom. The number of thiophene rings is 1. The molecule has 2 aromatic heterocycles. The Morgan fingerprint density at radius 3 is 2.85 bits per heavy atom. The first kappa shape index (κ1) is 13.6. The summed E-state index contributed by atoms with van der Waals surface area (Å²) in [6, 6.07) is 2.44. The zero-order valence-electron chi connectivity index (χ0n) is 12.2. The standard InChI is InChI=1S/C14H20N4OS/c1-14(2)9(7-10(14)19-4)16-11-8-5-6-20-12(8)18-13(15-3)17-11/h5-6,9-10H,7H2,1-4H3,(H2,15,16,17,18). The fourth-order valence-electron chi connectivity index (χ4n) is 2.77. The molecule has 5 nitrogen and oxygen atoms in total. The highest BCUT2D eigenvalue weighted by Crippen LogP contribution is 2.44. The van der Waals surface area contributed by atoms with Gasteiger partial charge >= 0.3 is 0 Å². The van der Waals surface area contributed by atoms with Crippen molar-refractivity contribution in [3.63, 3.8) is 0 Å². The SMILES string of the molecule is CNc1nc(NC2CC(OC)C2(C)C)c2ccsc2n1. The van der Waals surface area contributed by atoms with E-state index in [1.54, 1.807) is 18.4 Å². The minimum absolute atomic E-state index is 0.113. The number of ether oxygens (including phenoxy) is 1. The molecule has 20 heavy (non-hydrogen) atoms. The van der Waals surface area contributed by atoms with Gasteiger partial charge in [-0.1, -0.05) is 13.8 Å². The van der Waals surface area contributed by atoms with Crippen molar-refractivity contribution in [1.29, 1.82) is 0 Å². The number of anilines is 2. The van der Waals surface area contributed by atoms with Crippen molar-refractivity contribution in [2.24, 2.45) is 5.41 Å². The average molecular weight is 292 g/mol. The van der Waals surface area contributed by atoms with Crippen LogP contribution in [0.2, 0.25) is 0 Å². The fraction of sp³-hybridized carbons (Fsp3) is 0.571. The van der Waals surface area contributed by atoms with Crippen LogP contribution in [0.25, 0.3) is 10.2 Å². The maximum Gasteiger partial charge on any atom is 0.225 e. The number of hydrogen-bond acceptors (Lipinski definition) is 6. The molecule has 1 fully saturated rings. The summed E-state index contributed by atoms with van der Waals surface area (Å²) in [5, 5.41) is 9.73. The van der Waals surface area contributed by atoms with E-state index in [0.717, 1.165) is 22.5 Å². The first-order valence-electron chi connectivity index (χ1n) is 6.78. The Balaban J connectivity index is 1.90. The van der Waals surface area contributed by atoms with E-state index in [0.29, 0.717) is 18.1 Å². The highest BCUT2D eigenvalue weighted by Gasteiger charge is 2.48. The molecule has 1 aliphatic carbocycles. The van der Waals surface area contributed by atoms with Crippen molar-refractivity contribution < 1.29 is 4.74 Å². The molecule has 1 saturated carbocycles. The van der Waals surface area contributed by atoms with Crippen LogP contribution in [0.5, 0.6) is 0 Å². The Kier molecular flexibility index (Phi) is 3.30. The van der Waals surface area contributed by atoms with Crippen molar-refractivity contribution in [3.05, 3.63) is 11.4 Å². The Morgan fingerprint density at radius 2 is 2.20 bits per heavy atom. The summed E-state index contributed by atoms with van der Waals surface area (Å²) >= 11 is 1.63. The first-order valence-corrected chi connectivity index (χ1v) is 7.66. The van der Waals surface area contributed by atoms with Gasteiger partial charge in [0, 0.05) is 25.6 Å². The summed E-state index contributed by atoms with van der Waals surface area (Å²) in [5.74, 6) is 1.57. The third-order valence-corrected chi connectivity index (χ3v) is 5.13. The van der Waals surface area contributed by atoms with Gasteiger partial charge in [-0.15, -0.1) is 11.3 Å². The molecule has 6 heteroatoms. The lowest BCUT2D eigenvalue weighted by Gasteiger charge is -2.51. The van der Waals surface area contributed by atoms with E-state index in [2.05, 4.69) is 40.5 Å². The molecule has 0 amide bonds. The lowest BCUT2D eigenvalue weighted by Crippen LogP contribution is -2.57. The topological polar surface area (TPSA) is 59.1 Å². The number of fused-ring (bicyclic) bond motifs is 1. The molecule has 2 unspecified atom stereocenters. The van der Waals surface area contributed by atoms with Crippen LogP contribution >= 0.6 is 11.3 Å². The lowest BCUT2D eigenvalue weighted by molar-refractivity contribution is -0.0795. The third-order valence-electron chi connectivity index (χ3n) is 4.32. The first-order chi connectivity index (χ1) is 9.56.